The lowest BCUT2D eigenvalue weighted by molar-refractivity contribution is -0.117. The normalized spacial score (nSPS) is 14.4. The van der Waals surface area contributed by atoms with Crippen molar-refractivity contribution in [3.8, 4) is 5.95 Å². The van der Waals surface area contributed by atoms with Gasteiger partial charge in [0.25, 0.3) is 5.56 Å². The zero-order valence-corrected chi connectivity index (χ0v) is 20.3. The Morgan fingerprint density at radius 2 is 1.86 bits per heavy atom. The maximum absolute atomic E-state index is 13.0. The quantitative estimate of drug-likeness (QED) is 0.445. The van der Waals surface area contributed by atoms with Crippen LogP contribution in [-0.2, 0) is 4.79 Å². The van der Waals surface area contributed by atoms with Crippen LogP contribution >= 0.6 is 11.6 Å². The Morgan fingerprint density at radius 3 is 2.63 bits per heavy atom. The van der Waals surface area contributed by atoms with Gasteiger partial charge in [0.1, 0.15) is 5.02 Å². The third-order valence-corrected chi connectivity index (χ3v) is 6.79. The van der Waals surface area contributed by atoms with Gasteiger partial charge in [0.2, 0.25) is 11.9 Å². The number of para-hydroxylation sites is 2. The van der Waals surface area contributed by atoms with Crippen molar-refractivity contribution in [3.05, 3.63) is 75.2 Å². The second-order valence-electron chi connectivity index (χ2n) is 8.70. The molecule has 1 amide bonds. The van der Waals surface area contributed by atoms with Crippen molar-refractivity contribution in [2.75, 3.05) is 42.9 Å². The third-order valence-electron chi connectivity index (χ3n) is 6.44. The first-order chi connectivity index (χ1) is 16.9. The number of hydrogen-bond acceptors (Lipinski definition) is 6. The van der Waals surface area contributed by atoms with Crippen LogP contribution in [0.2, 0.25) is 5.02 Å². The molecule has 0 bridgehead atoms. The number of fused-ring (bicyclic) bond motifs is 1. The molecule has 0 unspecified atom stereocenters. The summed E-state index contributed by atoms with van der Waals surface area (Å²) in [5.74, 6) is 0.282. The Kier molecular flexibility index (Phi) is 6.27. The molecule has 1 aliphatic heterocycles. The molecule has 2 aromatic heterocycles. The highest BCUT2D eigenvalue weighted by Gasteiger charge is 2.23. The zero-order chi connectivity index (χ0) is 24.5. The van der Waals surface area contributed by atoms with Crippen LogP contribution in [0, 0.1) is 13.8 Å². The molecule has 0 saturated carbocycles. The van der Waals surface area contributed by atoms with Crippen molar-refractivity contribution in [1.29, 1.82) is 0 Å². The Hall–Kier alpha value is -3.69. The molecule has 3 heterocycles. The number of benzene rings is 2. The average molecular weight is 492 g/mol. The highest BCUT2D eigenvalue weighted by Crippen LogP contribution is 2.23. The zero-order valence-electron chi connectivity index (χ0n) is 19.6. The molecule has 1 saturated heterocycles. The van der Waals surface area contributed by atoms with Crippen LogP contribution in [0.25, 0.3) is 17.0 Å². The van der Waals surface area contributed by atoms with Gasteiger partial charge in [-0.25, -0.2) is 4.98 Å². The van der Waals surface area contributed by atoms with Gasteiger partial charge in [-0.15, -0.1) is 0 Å². The number of nitrogens with zero attached hydrogens (tertiary/aromatic N) is 5. The van der Waals surface area contributed by atoms with Crippen LogP contribution in [0.1, 0.15) is 11.1 Å². The molecule has 1 fully saturated rings. The lowest BCUT2D eigenvalue weighted by Crippen LogP contribution is -2.49. The number of hydrogen-bond donors (Lipinski definition) is 2. The number of carbonyl (C=O) groups is 1. The van der Waals surface area contributed by atoms with Crippen LogP contribution in [-0.4, -0.2) is 63.3 Å². The topological polar surface area (TPSA) is 99.2 Å². The van der Waals surface area contributed by atoms with E-state index in [2.05, 4.69) is 25.3 Å². The smallest absolute Gasteiger partial charge is 0.295 e. The van der Waals surface area contributed by atoms with E-state index in [0.29, 0.717) is 44.4 Å². The summed E-state index contributed by atoms with van der Waals surface area (Å²) >= 11 is 6.48. The largest absolute Gasteiger partial charge is 0.366 e. The standard InChI is InChI=1S/C25H26ClN7O2/c1-16-6-5-9-18(17(16)2)28-22(34)15-31-10-12-32(13-11-31)21-14-27-33(24(35)23(21)26)25-29-19-7-3-4-8-20(19)30-25/h3-9,14H,10-13,15H2,1-2H3,(H,28,34)(H,29,30). The first-order valence-corrected chi connectivity index (χ1v) is 11.8. The van der Waals surface area contributed by atoms with Crippen molar-refractivity contribution >= 4 is 39.9 Å². The van der Waals surface area contributed by atoms with E-state index in [4.69, 9.17) is 11.6 Å². The van der Waals surface area contributed by atoms with E-state index in [0.717, 1.165) is 27.8 Å². The molecule has 0 radical (unpaired) electrons. The second kappa shape index (κ2) is 9.52. The number of rotatable bonds is 5. The van der Waals surface area contributed by atoms with Crippen LogP contribution in [0.3, 0.4) is 0 Å². The highest BCUT2D eigenvalue weighted by atomic mass is 35.5. The minimum atomic E-state index is -0.432. The van der Waals surface area contributed by atoms with E-state index >= 15 is 0 Å². The summed E-state index contributed by atoms with van der Waals surface area (Å²) in [7, 11) is 0. The van der Waals surface area contributed by atoms with E-state index in [1.54, 1.807) is 6.20 Å². The number of amides is 1. The summed E-state index contributed by atoms with van der Waals surface area (Å²) in [6, 6.07) is 13.4. The number of aromatic amines is 1. The maximum Gasteiger partial charge on any atom is 0.295 e. The Morgan fingerprint density at radius 1 is 1.09 bits per heavy atom. The molecule has 5 rings (SSSR count). The van der Waals surface area contributed by atoms with Crippen LogP contribution in [0.5, 0.6) is 0 Å². The van der Waals surface area contributed by atoms with Crippen LogP contribution in [0.4, 0.5) is 11.4 Å². The minimum absolute atomic E-state index is 0.0414. The third kappa shape index (κ3) is 4.65. The van der Waals surface area contributed by atoms with Crippen molar-refractivity contribution in [2.24, 2.45) is 0 Å². The van der Waals surface area contributed by atoms with E-state index in [1.807, 2.05) is 61.2 Å². The fourth-order valence-electron chi connectivity index (χ4n) is 4.26. The van der Waals surface area contributed by atoms with Gasteiger partial charge < -0.3 is 15.2 Å². The first kappa shape index (κ1) is 23.1. The Labute approximate surface area is 207 Å². The number of anilines is 2. The number of aromatic nitrogens is 4. The predicted octanol–water partition coefficient (Wildman–Crippen LogP) is 3.14. The van der Waals surface area contributed by atoms with E-state index in [9.17, 15) is 9.59 Å². The average Bonchev–Trinajstić information content (AvgIpc) is 3.28. The number of imidazole rings is 1. The van der Waals surface area contributed by atoms with Crippen LogP contribution < -0.4 is 15.8 Å². The van der Waals surface area contributed by atoms with Crippen LogP contribution in [0.15, 0.2) is 53.5 Å². The first-order valence-electron chi connectivity index (χ1n) is 11.5. The van der Waals surface area contributed by atoms with Crippen molar-refractivity contribution < 1.29 is 4.79 Å². The molecule has 9 nitrogen and oxygen atoms in total. The summed E-state index contributed by atoms with van der Waals surface area (Å²) in [5.41, 5.74) is 4.77. The number of aryl methyl sites for hydroxylation is 1. The molecule has 2 aromatic carbocycles. The Balaban J connectivity index is 1.24. The maximum atomic E-state index is 13.0. The predicted molar refractivity (Wildman–Crippen MR) is 138 cm³/mol. The van der Waals surface area contributed by atoms with Gasteiger partial charge in [0, 0.05) is 31.9 Å². The van der Waals surface area contributed by atoms with Gasteiger partial charge in [-0.2, -0.15) is 9.78 Å². The van der Waals surface area contributed by atoms with Gasteiger partial charge in [-0.1, -0.05) is 35.9 Å². The molecule has 0 spiro atoms. The minimum Gasteiger partial charge on any atom is -0.366 e. The number of carbonyl (C=O) groups excluding carboxylic acids is 1. The van der Waals surface area contributed by atoms with Gasteiger partial charge in [0.05, 0.1) is 29.5 Å². The van der Waals surface area contributed by atoms with Gasteiger partial charge in [-0.05, 0) is 43.2 Å². The molecule has 4 aromatic rings. The second-order valence-corrected chi connectivity index (χ2v) is 9.08. The highest BCUT2D eigenvalue weighted by molar-refractivity contribution is 6.33. The summed E-state index contributed by atoms with van der Waals surface area (Å²) in [6.07, 6.45) is 1.60. The lowest BCUT2D eigenvalue weighted by Gasteiger charge is -2.35. The molecule has 10 heteroatoms. The number of nitrogens with one attached hydrogen (secondary N) is 2. The summed E-state index contributed by atoms with van der Waals surface area (Å²) in [5, 5.41) is 7.43. The molecule has 2 N–H and O–H groups in total. The summed E-state index contributed by atoms with van der Waals surface area (Å²) in [6.45, 7) is 6.94. The molecular weight excluding hydrogens is 466 g/mol. The molecule has 35 heavy (non-hydrogen) atoms. The number of H-pyrrole nitrogens is 1. The molecule has 1 aliphatic rings. The fraction of sp³-hybridized carbons (Fsp3) is 0.280. The monoisotopic (exact) mass is 491 g/mol. The van der Waals surface area contributed by atoms with Crippen molar-refractivity contribution in [2.45, 2.75) is 13.8 Å². The fourth-order valence-corrected chi connectivity index (χ4v) is 4.51. The SMILES string of the molecule is Cc1cccc(NC(=O)CN2CCN(c3cnn(-c4nc5ccccc5[nH]4)c(=O)c3Cl)CC2)c1C. The molecule has 0 atom stereocenters. The number of piperazine rings is 1. The van der Waals surface area contributed by atoms with E-state index < -0.39 is 5.56 Å². The van der Waals surface area contributed by atoms with Gasteiger partial charge >= 0.3 is 0 Å². The summed E-state index contributed by atoms with van der Waals surface area (Å²) in [4.78, 5) is 37.2. The Bertz CT molecular complexity index is 1420. The summed E-state index contributed by atoms with van der Waals surface area (Å²) < 4.78 is 1.18. The van der Waals surface area contributed by atoms with Crippen molar-refractivity contribution in [1.82, 2.24) is 24.6 Å². The lowest BCUT2D eigenvalue weighted by atomic mass is 10.1. The van der Waals surface area contributed by atoms with E-state index in [1.165, 1.54) is 4.68 Å². The molecular formula is C25H26ClN7O2. The number of halogens is 1. The van der Waals surface area contributed by atoms with Crippen molar-refractivity contribution in [3.63, 3.8) is 0 Å². The van der Waals surface area contributed by atoms with Gasteiger partial charge in [0.15, 0.2) is 0 Å². The molecule has 180 valence electrons. The molecule has 0 aliphatic carbocycles. The van der Waals surface area contributed by atoms with E-state index in [-0.39, 0.29) is 10.9 Å². The van der Waals surface area contributed by atoms with Gasteiger partial charge in [-0.3, -0.25) is 14.5 Å².